The molecule has 0 spiro atoms. The molecule has 0 aromatic heterocycles. The van der Waals surface area contributed by atoms with Crippen molar-refractivity contribution in [2.75, 3.05) is 6.61 Å². The molecule has 0 N–H and O–H groups in total. The van der Waals surface area contributed by atoms with Crippen LogP contribution in [0.1, 0.15) is 13.8 Å². The third kappa shape index (κ3) is 5.99. The van der Waals surface area contributed by atoms with Crippen LogP contribution in [0.5, 0.6) is 0 Å². The Labute approximate surface area is 74.7 Å². The first kappa shape index (κ1) is 11.8. The Balaban J connectivity index is 0. The van der Waals surface area contributed by atoms with Gasteiger partial charge in [0.2, 0.25) is 0 Å². The van der Waals surface area contributed by atoms with Crippen molar-refractivity contribution in [3.8, 4) is 0 Å². The molecule has 0 aromatic carbocycles. The molecule has 9 heavy (non-hydrogen) atoms. The van der Waals surface area contributed by atoms with Crippen molar-refractivity contribution in [2.45, 2.75) is 13.8 Å². The van der Waals surface area contributed by atoms with Gasteiger partial charge < -0.3 is 4.74 Å². The van der Waals surface area contributed by atoms with Gasteiger partial charge in [-0.25, -0.2) is 4.79 Å². The van der Waals surface area contributed by atoms with Crippen molar-refractivity contribution < 1.29 is 9.53 Å². The molecule has 0 aliphatic carbocycles. The Morgan fingerprint density at radius 3 is 2.22 bits per heavy atom. The molecule has 0 aliphatic rings. The average Bonchev–Trinajstić information content (AvgIpc) is 1.67. The van der Waals surface area contributed by atoms with E-state index in [1.54, 1.807) is 13.8 Å². The molecule has 0 amide bonds. The summed E-state index contributed by atoms with van der Waals surface area (Å²) < 4.78 is 4.56. The van der Waals surface area contributed by atoms with Crippen LogP contribution in [0.15, 0.2) is 12.2 Å². The van der Waals surface area contributed by atoms with Gasteiger partial charge in [0.15, 0.2) is 0 Å². The predicted octanol–water partition coefficient (Wildman–Crippen LogP) is 0.209. The molecule has 0 fully saturated rings. The third-order valence-corrected chi connectivity index (χ3v) is 0.624. The minimum atomic E-state index is -0.312. The van der Waals surface area contributed by atoms with E-state index in [0.717, 1.165) is 0 Å². The Kier molecular flexibility index (Phi) is 8.20. The van der Waals surface area contributed by atoms with E-state index >= 15 is 0 Å². The normalized spacial score (nSPS) is 7.33. The summed E-state index contributed by atoms with van der Waals surface area (Å²) in [7, 11) is 0. The SMILES string of the molecule is C=C(C)C(=O)OCC.[PoH2]. The van der Waals surface area contributed by atoms with E-state index in [-0.39, 0.29) is 32.5 Å². The summed E-state index contributed by atoms with van der Waals surface area (Å²) in [5.41, 5.74) is 0.451. The van der Waals surface area contributed by atoms with Crippen LogP contribution in [-0.4, -0.2) is 39.1 Å². The topological polar surface area (TPSA) is 26.3 Å². The molecule has 54 valence electrons. The summed E-state index contributed by atoms with van der Waals surface area (Å²) in [6.07, 6.45) is 0. The van der Waals surface area contributed by atoms with Gasteiger partial charge in [0, 0.05) is 5.57 Å². The van der Waals surface area contributed by atoms with E-state index in [2.05, 4.69) is 11.3 Å². The molecule has 0 bridgehead atoms. The number of esters is 1. The second kappa shape index (κ2) is 6.23. The molecular weight excluding hydrogens is 313 g/mol. The van der Waals surface area contributed by atoms with Crippen LogP contribution in [0.25, 0.3) is 0 Å². The van der Waals surface area contributed by atoms with Crippen LogP contribution in [-0.2, 0) is 9.53 Å². The van der Waals surface area contributed by atoms with Crippen LogP contribution in [0.3, 0.4) is 0 Å². The van der Waals surface area contributed by atoms with Gasteiger partial charge >= 0.3 is 32.5 Å². The molecule has 0 unspecified atom stereocenters. The van der Waals surface area contributed by atoms with Gasteiger partial charge in [-0.15, -0.1) is 0 Å². The van der Waals surface area contributed by atoms with E-state index in [9.17, 15) is 4.79 Å². The number of carbonyl (C=O) groups excluding carboxylic acids is 1. The van der Waals surface area contributed by atoms with Crippen molar-refractivity contribution in [3.63, 3.8) is 0 Å². The molecule has 2 nitrogen and oxygen atoms in total. The zero-order valence-electron chi connectivity index (χ0n) is 5.73. The molecule has 3 heteroatoms. The van der Waals surface area contributed by atoms with Gasteiger partial charge in [0.25, 0.3) is 0 Å². The van der Waals surface area contributed by atoms with Crippen molar-refractivity contribution in [3.05, 3.63) is 12.2 Å². The summed E-state index contributed by atoms with van der Waals surface area (Å²) in [5.74, 6) is -0.312. The maximum atomic E-state index is 10.4. The zero-order chi connectivity index (χ0) is 6.57. The molecule has 0 radical (unpaired) electrons. The van der Waals surface area contributed by atoms with Gasteiger partial charge in [0.05, 0.1) is 6.61 Å². The summed E-state index contributed by atoms with van der Waals surface area (Å²) in [4.78, 5) is 10.4. The molecule has 0 saturated carbocycles. The molecule has 0 heterocycles. The molecule has 0 atom stereocenters. The predicted molar refractivity (Wildman–Crippen MR) is 40.0 cm³/mol. The third-order valence-electron chi connectivity index (χ3n) is 0.624. The van der Waals surface area contributed by atoms with E-state index < -0.39 is 0 Å². The molecule has 0 rings (SSSR count). The van der Waals surface area contributed by atoms with Gasteiger partial charge in [-0.2, -0.15) is 0 Å². The van der Waals surface area contributed by atoms with E-state index in [4.69, 9.17) is 0 Å². The number of carbonyl (C=O) groups is 1. The minimum absolute atomic E-state index is 0. The molecule has 0 saturated heterocycles. The Morgan fingerprint density at radius 2 is 2.11 bits per heavy atom. The second-order valence-corrected chi connectivity index (χ2v) is 1.50. The van der Waals surface area contributed by atoms with E-state index in [1.165, 1.54) is 0 Å². The van der Waals surface area contributed by atoms with Crippen LogP contribution in [0.2, 0.25) is 0 Å². The maximum absolute atomic E-state index is 10.4. The van der Waals surface area contributed by atoms with Crippen molar-refractivity contribution in [2.24, 2.45) is 0 Å². The first-order valence-corrected chi connectivity index (χ1v) is 2.51. The molecule has 0 aliphatic heterocycles. The first-order chi connectivity index (χ1) is 3.68. The van der Waals surface area contributed by atoms with Crippen molar-refractivity contribution >= 4 is 32.5 Å². The average molecular weight is 325 g/mol. The number of ether oxygens (including phenoxy) is 1. The summed E-state index contributed by atoms with van der Waals surface area (Å²) in [6.45, 7) is 7.21. The molecular formula is C6H12O2Po. The van der Waals surface area contributed by atoms with E-state index in [1.807, 2.05) is 0 Å². The van der Waals surface area contributed by atoms with Crippen LogP contribution in [0.4, 0.5) is 0 Å². The summed E-state index contributed by atoms with van der Waals surface area (Å²) in [6, 6.07) is 0. The fourth-order valence-electron chi connectivity index (χ4n) is 0.254. The van der Waals surface area contributed by atoms with Crippen molar-refractivity contribution in [1.82, 2.24) is 0 Å². The number of rotatable bonds is 2. The standard InChI is InChI=1S/C6H10O2.Po.2H/c1-4-8-6(7)5(2)3;;;/h2,4H2,1,3H3;;;. The van der Waals surface area contributed by atoms with Gasteiger partial charge in [0.1, 0.15) is 0 Å². The summed E-state index contributed by atoms with van der Waals surface area (Å²) in [5, 5.41) is 0. The second-order valence-electron chi connectivity index (χ2n) is 1.50. The van der Waals surface area contributed by atoms with Crippen LogP contribution < -0.4 is 0 Å². The Hall–Kier alpha value is 0.106. The fraction of sp³-hybridized carbons (Fsp3) is 0.500. The van der Waals surface area contributed by atoms with Crippen LogP contribution in [0, 0.1) is 0 Å². The van der Waals surface area contributed by atoms with Crippen molar-refractivity contribution in [1.29, 1.82) is 0 Å². The Bertz CT molecular complexity index is 110. The van der Waals surface area contributed by atoms with Gasteiger partial charge in [-0.3, -0.25) is 0 Å². The zero-order valence-corrected chi connectivity index (χ0v) is 9.62. The van der Waals surface area contributed by atoms with Gasteiger partial charge in [-0.1, -0.05) is 6.58 Å². The fourth-order valence-corrected chi connectivity index (χ4v) is 0.254. The van der Waals surface area contributed by atoms with E-state index in [0.29, 0.717) is 12.2 Å². The quantitative estimate of drug-likeness (QED) is 0.536. The number of hydrogen-bond donors (Lipinski definition) is 0. The first-order valence-electron chi connectivity index (χ1n) is 2.51. The van der Waals surface area contributed by atoms with Gasteiger partial charge in [-0.05, 0) is 13.8 Å². The van der Waals surface area contributed by atoms with Crippen LogP contribution >= 0.6 is 0 Å². The Morgan fingerprint density at radius 1 is 1.67 bits per heavy atom. The number of hydrogen-bond acceptors (Lipinski definition) is 2. The summed E-state index contributed by atoms with van der Waals surface area (Å²) >= 11 is 0. The monoisotopic (exact) mass is 325 g/mol. The molecule has 0 aromatic rings.